The number of aliphatic hydroxyl groups excluding tert-OH is 3. The summed E-state index contributed by atoms with van der Waals surface area (Å²) in [5.41, 5.74) is 3.54. The first kappa shape index (κ1) is 61.9. The number of thiazole rings is 1. The zero-order valence-corrected chi connectivity index (χ0v) is 47.8. The van der Waals surface area contributed by atoms with Crippen molar-refractivity contribution in [3.63, 3.8) is 0 Å². The van der Waals surface area contributed by atoms with Crippen molar-refractivity contribution in [1.29, 1.82) is 0 Å². The molecule has 20 nitrogen and oxygen atoms in total. The highest BCUT2D eigenvalue weighted by Crippen LogP contribution is 2.41. The molecule has 0 radical (unpaired) electrons. The highest BCUT2D eigenvalue weighted by molar-refractivity contribution is 7.18. The first-order valence-corrected chi connectivity index (χ1v) is 27.6. The summed E-state index contributed by atoms with van der Waals surface area (Å²) in [6.45, 7) is 17.5. The molecule has 0 aliphatic carbocycles. The van der Waals surface area contributed by atoms with E-state index >= 15 is 0 Å². The lowest BCUT2D eigenvalue weighted by atomic mass is 9.77. The van der Waals surface area contributed by atoms with Crippen LogP contribution in [0.2, 0.25) is 0 Å². The quantitative estimate of drug-likeness (QED) is 0.106. The van der Waals surface area contributed by atoms with Gasteiger partial charge in [0, 0.05) is 70.5 Å². The summed E-state index contributed by atoms with van der Waals surface area (Å²) in [4.78, 5) is 23.5. The Morgan fingerprint density at radius 2 is 1.68 bits per heavy atom. The van der Waals surface area contributed by atoms with E-state index in [4.69, 9.17) is 38.9 Å². The molecule has 430 valence electrons. The maximum atomic E-state index is 14.9. The van der Waals surface area contributed by atoms with Gasteiger partial charge in [-0.05, 0) is 98.9 Å². The van der Waals surface area contributed by atoms with Crippen molar-refractivity contribution in [2.24, 2.45) is 17.8 Å². The molecule has 6 rings (SSSR count). The van der Waals surface area contributed by atoms with Gasteiger partial charge in [-0.2, -0.15) is 0 Å². The van der Waals surface area contributed by atoms with Crippen molar-refractivity contribution in [3.8, 4) is 10.4 Å². The molecular weight excluding hydrogens is 1010 g/mol. The Bertz CT molecular complexity index is 2300. The average Bonchev–Trinajstić information content (AvgIpc) is 4.04. The fourth-order valence-corrected chi connectivity index (χ4v) is 12.5. The zero-order chi connectivity index (χ0) is 56.2. The summed E-state index contributed by atoms with van der Waals surface area (Å²) in [5.74, 6) is -2.89. The van der Waals surface area contributed by atoms with Gasteiger partial charge in [0.2, 0.25) is 0 Å². The van der Waals surface area contributed by atoms with Crippen molar-refractivity contribution in [2.45, 2.75) is 204 Å². The van der Waals surface area contributed by atoms with Gasteiger partial charge in [-0.3, -0.25) is 4.79 Å². The van der Waals surface area contributed by atoms with Gasteiger partial charge in [-0.25, -0.2) is 14.1 Å². The van der Waals surface area contributed by atoms with Crippen molar-refractivity contribution >= 4 is 22.4 Å². The van der Waals surface area contributed by atoms with E-state index in [0.29, 0.717) is 36.8 Å². The lowest BCUT2D eigenvalue weighted by Crippen LogP contribution is -2.61. The Hall–Kier alpha value is -3.33. The van der Waals surface area contributed by atoms with Crippen LogP contribution in [0.1, 0.15) is 118 Å². The Kier molecular flexibility index (Phi) is 21.0. The number of benzene rings is 1. The molecule has 3 aliphatic heterocycles. The molecule has 20 atom stereocenters. The van der Waals surface area contributed by atoms with E-state index in [1.165, 1.54) is 37.2 Å². The third-order valence-corrected chi connectivity index (χ3v) is 17.4. The normalized spacial score (nSPS) is 38.5. The molecule has 0 unspecified atom stereocenters. The fraction of sp³-hybridized carbons (Fsp3) is 0.778. The molecule has 22 heteroatoms. The van der Waals surface area contributed by atoms with Gasteiger partial charge in [0.25, 0.3) is 0 Å². The third-order valence-electron chi connectivity index (χ3n) is 16.5. The van der Waals surface area contributed by atoms with Crippen LogP contribution in [0, 0.1) is 17.8 Å². The van der Waals surface area contributed by atoms with E-state index < -0.39 is 127 Å². The van der Waals surface area contributed by atoms with E-state index in [1.54, 1.807) is 60.9 Å². The number of hydrogen-bond donors (Lipinski definition) is 6. The minimum atomic E-state index is -1.86. The molecule has 3 fully saturated rings. The molecule has 3 aliphatic rings. The molecule has 5 heterocycles. The summed E-state index contributed by atoms with van der Waals surface area (Å²) in [6, 6.07) is 5.72. The molecule has 3 saturated heterocycles. The number of methoxy groups -OCH3 is 2. The number of anilines is 1. The number of carbonyl (C=O) groups is 1. The number of nitrogens with two attached hydrogens (primary N) is 1. The van der Waals surface area contributed by atoms with Crippen LogP contribution < -0.4 is 5.73 Å². The first-order chi connectivity index (χ1) is 35.7. The maximum absolute atomic E-state index is 14.9. The van der Waals surface area contributed by atoms with Gasteiger partial charge in [0.15, 0.2) is 17.7 Å². The predicted molar refractivity (Wildman–Crippen MR) is 284 cm³/mol. The number of halogens is 1. The summed E-state index contributed by atoms with van der Waals surface area (Å²) in [5, 5.41) is 69.1. The second-order valence-electron chi connectivity index (χ2n) is 22.7. The van der Waals surface area contributed by atoms with Crippen LogP contribution in [0.3, 0.4) is 0 Å². The molecule has 0 bridgehead atoms. The molecule has 0 spiro atoms. The molecule has 3 aromatic rings. The molecule has 0 saturated carbocycles. The largest absolute Gasteiger partial charge is 0.459 e. The van der Waals surface area contributed by atoms with Crippen LogP contribution >= 0.6 is 11.3 Å². The standard InChI is InChI=1S/C54H88FN7O13S/c1-15-41-54(10,68)46(64)33(6)61(12)27-29(2)23-52(8,67)48(31(4)44(32(5)49(66)73-41)74-42-24-53(9,70-14)47(65)34(7)72-42)75-50-43(63)38(22-30(3)71-50)60(11)21-20-37-28-62(59-58-37)39(25-55)45(69-13)36-18-16-35(17-19-36)40-26-57-51(56)76-40/h16-19,26,28-34,38-39,41-48,50,63-65,67-68H,15,20-25,27H2,1-14H3,(H2,56,57)/t29-,30-,31+,32-,33-,34+,38+,39-,41-,42+,43-,44+,45-,46-,47+,48-,50+,52-,53-,54-/m1/s1. The summed E-state index contributed by atoms with van der Waals surface area (Å²) >= 11 is 1.38. The van der Waals surface area contributed by atoms with E-state index in [2.05, 4.69) is 15.3 Å². The van der Waals surface area contributed by atoms with Crippen molar-refractivity contribution in [1.82, 2.24) is 29.8 Å². The van der Waals surface area contributed by atoms with E-state index in [9.17, 15) is 34.7 Å². The molecule has 2 aromatic heterocycles. The summed E-state index contributed by atoms with van der Waals surface area (Å²) in [6.07, 6.45) is -6.35. The molecule has 0 amide bonds. The number of cyclic esters (lactones) is 1. The van der Waals surface area contributed by atoms with Gasteiger partial charge >= 0.3 is 5.97 Å². The smallest absolute Gasteiger partial charge is 0.311 e. The minimum absolute atomic E-state index is 0.0816. The lowest BCUT2D eigenvalue weighted by molar-refractivity contribution is -0.318. The molecule has 7 N–H and O–H groups in total. The van der Waals surface area contributed by atoms with Gasteiger partial charge in [-0.15, -0.1) is 5.10 Å². The van der Waals surface area contributed by atoms with Crippen LogP contribution in [0.25, 0.3) is 10.4 Å². The zero-order valence-electron chi connectivity index (χ0n) is 47.0. The van der Waals surface area contributed by atoms with Crippen LogP contribution in [0.15, 0.2) is 36.7 Å². The number of nitrogen functional groups attached to an aromatic ring is 1. The number of rotatable bonds is 16. The SMILES string of the molecule is CC[C@H]1OC(=O)[C@H](C)[C@@H](O[C@H]2C[C@@](C)(OC)[C@@H](O)[C@H](C)O2)[C@H](C)[C@@H](O[C@@H]2O[C@H](C)C[C@H](N(C)CCc3cn([C@H](CF)[C@H](OC)c4ccc(-c5cnc(N)s5)cc4)nn3)[C@H]2O)[C@](C)(O)C[C@@H](C)CN(C)[C@H](C)[C@@H](O)[C@]1(C)O. The van der Waals surface area contributed by atoms with Crippen molar-refractivity contribution in [3.05, 3.63) is 47.9 Å². The Morgan fingerprint density at radius 3 is 2.29 bits per heavy atom. The summed E-state index contributed by atoms with van der Waals surface area (Å²) in [7, 11) is 6.74. The van der Waals surface area contributed by atoms with Crippen LogP contribution in [0.5, 0.6) is 0 Å². The molecule has 76 heavy (non-hydrogen) atoms. The van der Waals surface area contributed by atoms with Gasteiger partial charge in [-0.1, -0.05) is 61.6 Å². The first-order valence-electron chi connectivity index (χ1n) is 26.8. The average molecular weight is 1090 g/mol. The molecular formula is C54H88FN7O13S. The van der Waals surface area contributed by atoms with E-state index in [1.807, 2.05) is 62.0 Å². The summed E-state index contributed by atoms with van der Waals surface area (Å²) < 4.78 is 60.6. The number of likely N-dealkylation sites (N-methyl/N-ethyl adjacent to an activating group) is 2. The second-order valence-corrected chi connectivity index (χ2v) is 23.7. The number of alkyl halides is 1. The number of nitrogens with zero attached hydrogens (tertiary/aromatic N) is 6. The minimum Gasteiger partial charge on any atom is -0.459 e. The monoisotopic (exact) mass is 1090 g/mol. The number of aliphatic hydroxyl groups is 5. The Balaban J connectivity index is 1.25. The van der Waals surface area contributed by atoms with Crippen molar-refractivity contribution in [2.75, 3.05) is 53.8 Å². The Labute approximate surface area is 452 Å². The van der Waals surface area contributed by atoms with Crippen LogP contribution in [-0.2, 0) is 44.4 Å². The van der Waals surface area contributed by atoms with Gasteiger partial charge in [0.05, 0.1) is 52.1 Å². The lowest BCUT2D eigenvalue weighted by Gasteiger charge is -2.49. The van der Waals surface area contributed by atoms with Gasteiger partial charge < -0.3 is 74.2 Å². The van der Waals surface area contributed by atoms with E-state index in [0.717, 1.165) is 16.0 Å². The van der Waals surface area contributed by atoms with Gasteiger partial charge in [0.1, 0.15) is 48.8 Å². The number of ether oxygens (including phenoxy) is 7. The second kappa shape index (κ2) is 25.9. The van der Waals surface area contributed by atoms with Crippen LogP contribution in [-0.4, -0.2) is 200 Å². The third kappa shape index (κ3) is 14.0. The maximum Gasteiger partial charge on any atom is 0.311 e. The fourth-order valence-electron chi connectivity index (χ4n) is 11.8. The number of esters is 1. The highest BCUT2D eigenvalue weighted by atomic mass is 32.1. The number of hydrogen-bond acceptors (Lipinski definition) is 20. The van der Waals surface area contributed by atoms with Crippen molar-refractivity contribution < 1.29 is 67.9 Å². The van der Waals surface area contributed by atoms with E-state index in [-0.39, 0.29) is 25.2 Å². The molecule has 1 aromatic carbocycles. The highest BCUT2D eigenvalue weighted by Gasteiger charge is 2.53. The van der Waals surface area contributed by atoms with Crippen LogP contribution in [0.4, 0.5) is 9.52 Å². The Morgan fingerprint density at radius 1 is 1.00 bits per heavy atom. The number of carbonyl (C=O) groups excluding carboxylic acids is 1. The topological polar surface area (TPSA) is 259 Å². The predicted octanol–water partition coefficient (Wildman–Crippen LogP) is 4.71. The number of aromatic nitrogens is 4.